The fourth-order valence-electron chi connectivity index (χ4n) is 6.75. The van der Waals surface area contributed by atoms with Gasteiger partial charge in [-0.2, -0.15) is 0 Å². The van der Waals surface area contributed by atoms with E-state index >= 15 is 0 Å². The highest BCUT2D eigenvalue weighted by molar-refractivity contribution is 5.88. The molecule has 3 N–H and O–H groups in total. The second kappa shape index (κ2) is 20.2. The summed E-state index contributed by atoms with van der Waals surface area (Å²) in [5.74, 6) is 1.52. The number of hydrogen-bond donors (Lipinski definition) is 3. The third kappa shape index (κ3) is 10.5. The van der Waals surface area contributed by atoms with Gasteiger partial charge in [0, 0.05) is 36.3 Å². The van der Waals surface area contributed by atoms with E-state index in [0.29, 0.717) is 62.5 Å². The van der Waals surface area contributed by atoms with Gasteiger partial charge in [-0.1, -0.05) is 24.3 Å². The van der Waals surface area contributed by atoms with E-state index < -0.39 is 61.5 Å². The lowest BCUT2D eigenvalue weighted by molar-refractivity contribution is -0.282. The second-order valence-corrected chi connectivity index (χ2v) is 13.8. The minimum Gasteiger partial charge on any atom is -0.497 e. The van der Waals surface area contributed by atoms with Crippen LogP contribution in [-0.2, 0) is 30.2 Å². The van der Waals surface area contributed by atoms with Crippen molar-refractivity contribution in [3.63, 3.8) is 0 Å². The number of esters is 2. The second-order valence-electron chi connectivity index (χ2n) is 13.8. The predicted molar refractivity (Wildman–Crippen MR) is 218 cm³/mol. The number of methoxy groups -OCH3 is 6. The quantitative estimate of drug-likeness (QED) is 0.105. The van der Waals surface area contributed by atoms with Gasteiger partial charge in [0.15, 0.2) is 29.1 Å². The first kappa shape index (κ1) is 44.1. The van der Waals surface area contributed by atoms with Gasteiger partial charge in [0.2, 0.25) is 6.29 Å². The summed E-state index contributed by atoms with van der Waals surface area (Å²) < 4.78 is 62.1. The van der Waals surface area contributed by atoms with Crippen LogP contribution in [0.15, 0.2) is 84.9 Å². The maximum atomic E-state index is 13.3. The van der Waals surface area contributed by atoms with Crippen molar-refractivity contribution in [2.75, 3.05) is 49.3 Å². The van der Waals surface area contributed by atoms with Crippen molar-refractivity contribution >= 4 is 24.1 Å². The molecule has 324 valence electrons. The van der Waals surface area contributed by atoms with Crippen LogP contribution in [0.5, 0.6) is 46.0 Å². The van der Waals surface area contributed by atoms with Crippen LogP contribution in [0.25, 0.3) is 12.2 Å². The van der Waals surface area contributed by atoms with Crippen LogP contribution >= 0.6 is 0 Å². The number of benzene rings is 4. The highest BCUT2D eigenvalue weighted by atomic mass is 16.7. The molecule has 4 aromatic rings. The van der Waals surface area contributed by atoms with E-state index in [4.69, 9.17) is 52.1 Å². The third-order valence-electron chi connectivity index (χ3n) is 10.0. The van der Waals surface area contributed by atoms with Crippen molar-refractivity contribution in [1.29, 1.82) is 0 Å². The third-order valence-corrected chi connectivity index (χ3v) is 10.0. The summed E-state index contributed by atoms with van der Waals surface area (Å²) in [5.41, 5.74) is 2.28. The molecular formula is C45H48O16. The summed E-state index contributed by atoms with van der Waals surface area (Å²) in [6.07, 6.45) is -4.70. The van der Waals surface area contributed by atoms with E-state index in [9.17, 15) is 24.9 Å². The lowest BCUT2D eigenvalue weighted by atomic mass is 9.93. The fraction of sp³-hybridized carbons (Fsp3) is 0.333. The SMILES string of the molecule is COc1ccc(/C=C/C(=O)OC[C@H]2O[C@@H](Oc3cc(OC)cc4c3C[C@H](O)[C@@H](c3ccc(OC)c(OC)c3)O4)[C@H](OC(=O)/C=C/c3ccc(OC)c(OC)c3)[C@@H](O)[C@@H]2O)cc1. The molecule has 4 aromatic carbocycles. The van der Waals surface area contributed by atoms with Gasteiger partial charge in [0.05, 0.1) is 48.8 Å². The lowest BCUT2D eigenvalue weighted by Gasteiger charge is -2.42. The normalized spacial score (nSPS) is 22.1. The Kier molecular flexibility index (Phi) is 14.6. The van der Waals surface area contributed by atoms with Gasteiger partial charge in [0.1, 0.15) is 54.0 Å². The van der Waals surface area contributed by atoms with Crippen LogP contribution in [0.1, 0.15) is 28.4 Å². The van der Waals surface area contributed by atoms with E-state index in [1.54, 1.807) is 73.8 Å². The van der Waals surface area contributed by atoms with Gasteiger partial charge < -0.3 is 67.4 Å². The topological polar surface area (TPSA) is 196 Å². The van der Waals surface area contributed by atoms with E-state index in [-0.39, 0.29) is 12.2 Å². The van der Waals surface area contributed by atoms with E-state index in [1.165, 1.54) is 59.8 Å². The number of aliphatic hydroxyl groups excluding tert-OH is 3. The van der Waals surface area contributed by atoms with Gasteiger partial charge in [-0.3, -0.25) is 0 Å². The molecule has 2 heterocycles. The first-order valence-corrected chi connectivity index (χ1v) is 19.0. The Bertz CT molecular complexity index is 2200. The van der Waals surface area contributed by atoms with Crippen LogP contribution in [0.4, 0.5) is 0 Å². The van der Waals surface area contributed by atoms with Crippen LogP contribution in [-0.4, -0.2) is 113 Å². The first-order chi connectivity index (χ1) is 29.5. The average Bonchev–Trinajstić information content (AvgIpc) is 3.29. The molecular weight excluding hydrogens is 796 g/mol. The number of ether oxygens (including phenoxy) is 11. The number of hydrogen-bond acceptors (Lipinski definition) is 16. The molecule has 1 saturated heterocycles. The maximum absolute atomic E-state index is 13.3. The Morgan fingerprint density at radius 2 is 1.28 bits per heavy atom. The van der Waals surface area contributed by atoms with Crippen molar-refractivity contribution in [2.24, 2.45) is 0 Å². The Morgan fingerprint density at radius 3 is 1.95 bits per heavy atom. The highest BCUT2D eigenvalue weighted by Gasteiger charge is 2.49. The zero-order valence-corrected chi connectivity index (χ0v) is 34.3. The van der Waals surface area contributed by atoms with E-state index in [1.807, 2.05) is 0 Å². The molecule has 0 spiro atoms. The number of fused-ring (bicyclic) bond motifs is 1. The van der Waals surface area contributed by atoms with Crippen molar-refractivity contribution < 1.29 is 77.0 Å². The number of aliphatic hydroxyl groups is 3. The standard InChI is InChI=1S/C45H48O16/c1-51-28-13-7-25(8-14-28)10-17-39(47)57-24-38-41(49)42(50)44(61-40(48)18-11-26-9-15-32(53-3)36(19-26)55-5)45(60-38)59-35-22-29(52-2)21-34-30(35)23-31(46)43(58-34)27-12-16-33(54-4)37(20-27)56-6/h7-22,31,38,41-46,49-50H,23-24H2,1-6H3/b17-10+,18-11+/t31-,38+,41+,42-,43+,44+,45+/m0/s1. The minimum atomic E-state index is -1.80. The summed E-state index contributed by atoms with van der Waals surface area (Å²) >= 11 is 0. The molecule has 7 atom stereocenters. The zero-order chi connectivity index (χ0) is 43.6. The molecule has 61 heavy (non-hydrogen) atoms. The minimum absolute atomic E-state index is 0.0195. The summed E-state index contributed by atoms with van der Waals surface area (Å²) in [5, 5.41) is 34.2. The molecule has 6 rings (SSSR count). The monoisotopic (exact) mass is 844 g/mol. The number of carbonyl (C=O) groups excluding carboxylic acids is 2. The molecule has 0 aliphatic carbocycles. The highest BCUT2D eigenvalue weighted by Crippen LogP contribution is 2.45. The molecule has 0 amide bonds. The van der Waals surface area contributed by atoms with E-state index in [2.05, 4.69) is 0 Å². The Hall–Kier alpha value is -6.46. The van der Waals surface area contributed by atoms with Crippen LogP contribution < -0.4 is 37.9 Å². The fourth-order valence-corrected chi connectivity index (χ4v) is 6.75. The van der Waals surface area contributed by atoms with Crippen LogP contribution in [0, 0.1) is 0 Å². The summed E-state index contributed by atoms with van der Waals surface area (Å²) in [6.45, 7) is -0.519. The van der Waals surface area contributed by atoms with Gasteiger partial charge in [-0.15, -0.1) is 0 Å². The van der Waals surface area contributed by atoms with Gasteiger partial charge >= 0.3 is 11.9 Å². The summed E-state index contributed by atoms with van der Waals surface area (Å²) in [4.78, 5) is 26.1. The molecule has 16 heteroatoms. The number of carbonyl (C=O) groups is 2. The number of rotatable bonds is 16. The van der Waals surface area contributed by atoms with Crippen LogP contribution in [0.3, 0.4) is 0 Å². The van der Waals surface area contributed by atoms with Crippen molar-refractivity contribution in [1.82, 2.24) is 0 Å². The van der Waals surface area contributed by atoms with Crippen molar-refractivity contribution in [2.45, 2.75) is 49.3 Å². The molecule has 1 fully saturated rings. The zero-order valence-electron chi connectivity index (χ0n) is 34.3. The molecule has 0 saturated carbocycles. The lowest BCUT2D eigenvalue weighted by Crippen LogP contribution is -2.61. The smallest absolute Gasteiger partial charge is 0.331 e. The Morgan fingerprint density at radius 1 is 0.656 bits per heavy atom. The first-order valence-electron chi connectivity index (χ1n) is 19.0. The average molecular weight is 845 g/mol. The molecule has 0 unspecified atom stereocenters. The molecule has 2 aliphatic heterocycles. The van der Waals surface area contributed by atoms with Gasteiger partial charge in [0.25, 0.3) is 0 Å². The predicted octanol–water partition coefficient (Wildman–Crippen LogP) is 4.48. The van der Waals surface area contributed by atoms with Crippen molar-refractivity contribution in [3.8, 4) is 46.0 Å². The largest absolute Gasteiger partial charge is 0.497 e. The van der Waals surface area contributed by atoms with Crippen LogP contribution in [0.2, 0.25) is 0 Å². The Balaban J connectivity index is 1.26. The molecule has 16 nitrogen and oxygen atoms in total. The van der Waals surface area contributed by atoms with Gasteiger partial charge in [-0.25, -0.2) is 9.59 Å². The molecule has 0 aromatic heterocycles. The van der Waals surface area contributed by atoms with Crippen molar-refractivity contribution in [3.05, 3.63) is 107 Å². The van der Waals surface area contributed by atoms with E-state index in [0.717, 1.165) is 6.08 Å². The molecule has 0 radical (unpaired) electrons. The summed E-state index contributed by atoms with van der Waals surface area (Å²) in [7, 11) is 8.98. The maximum Gasteiger partial charge on any atom is 0.331 e. The molecule has 0 bridgehead atoms. The molecule has 2 aliphatic rings. The Labute approximate surface area is 352 Å². The van der Waals surface area contributed by atoms with Gasteiger partial charge in [-0.05, 0) is 65.2 Å². The summed E-state index contributed by atoms with van der Waals surface area (Å²) in [6, 6.07) is 20.3.